The third kappa shape index (κ3) is 3.43. The van der Waals surface area contributed by atoms with Crippen molar-refractivity contribution in [2.24, 2.45) is 0 Å². The highest BCUT2D eigenvalue weighted by molar-refractivity contribution is 6.12. The predicted octanol–water partition coefficient (Wildman–Crippen LogP) is 3.72. The summed E-state index contributed by atoms with van der Waals surface area (Å²) in [6.07, 6.45) is 0. The largest absolute Gasteiger partial charge is 0.385 e. The average Bonchev–Trinajstić information content (AvgIpc) is 2.47. The van der Waals surface area contributed by atoms with E-state index in [1.165, 1.54) is 0 Å². The van der Waals surface area contributed by atoms with Crippen molar-refractivity contribution in [1.82, 2.24) is 0 Å². The summed E-state index contributed by atoms with van der Waals surface area (Å²) in [6.45, 7) is 4.85. The summed E-state index contributed by atoms with van der Waals surface area (Å²) < 4.78 is 0. The van der Waals surface area contributed by atoms with Gasteiger partial charge in [0.15, 0.2) is 5.78 Å². The van der Waals surface area contributed by atoms with Crippen molar-refractivity contribution >= 4 is 17.2 Å². The molecular formula is C18H22N2O. The first-order valence-corrected chi connectivity index (χ1v) is 7.19. The number of rotatable bonds is 5. The van der Waals surface area contributed by atoms with Gasteiger partial charge in [0.05, 0.1) is 0 Å². The maximum Gasteiger partial charge on any atom is 0.195 e. The minimum absolute atomic E-state index is 0.0521. The van der Waals surface area contributed by atoms with Gasteiger partial charge in [-0.05, 0) is 55.8 Å². The first-order chi connectivity index (χ1) is 10.0. The Bertz CT molecular complexity index is 630. The van der Waals surface area contributed by atoms with E-state index in [9.17, 15) is 4.79 Å². The van der Waals surface area contributed by atoms with Gasteiger partial charge in [-0.3, -0.25) is 4.79 Å². The van der Waals surface area contributed by atoms with E-state index in [0.29, 0.717) is 5.56 Å². The molecule has 0 unspecified atom stereocenters. The van der Waals surface area contributed by atoms with E-state index >= 15 is 0 Å². The van der Waals surface area contributed by atoms with E-state index in [4.69, 9.17) is 0 Å². The molecule has 0 aliphatic carbocycles. The van der Waals surface area contributed by atoms with Crippen molar-refractivity contribution in [2.75, 3.05) is 30.9 Å². The fourth-order valence-electron chi connectivity index (χ4n) is 2.26. The van der Waals surface area contributed by atoms with Crippen molar-refractivity contribution in [2.45, 2.75) is 13.8 Å². The van der Waals surface area contributed by atoms with Crippen LogP contribution in [-0.4, -0.2) is 26.4 Å². The van der Waals surface area contributed by atoms with Gasteiger partial charge >= 0.3 is 0 Å². The average molecular weight is 282 g/mol. The molecule has 2 aromatic rings. The van der Waals surface area contributed by atoms with Gasteiger partial charge in [-0.15, -0.1) is 0 Å². The molecule has 0 aromatic heterocycles. The minimum Gasteiger partial charge on any atom is -0.385 e. The summed E-state index contributed by atoms with van der Waals surface area (Å²) >= 11 is 0. The SMILES string of the molecule is CCNc1cc(C)ccc1C(=O)c1ccc(N(C)C)cc1. The Balaban J connectivity index is 2.35. The number of anilines is 2. The summed E-state index contributed by atoms with van der Waals surface area (Å²) in [4.78, 5) is 14.7. The van der Waals surface area contributed by atoms with Gasteiger partial charge in [0.2, 0.25) is 0 Å². The molecule has 0 bridgehead atoms. The van der Waals surface area contributed by atoms with Crippen molar-refractivity contribution < 1.29 is 4.79 Å². The Morgan fingerprint density at radius 3 is 2.33 bits per heavy atom. The number of nitrogens with one attached hydrogen (secondary N) is 1. The summed E-state index contributed by atoms with van der Waals surface area (Å²) in [6, 6.07) is 13.6. The Hall–Kier alpha value is -2.29. The molecule has 0 saturated heterocycles. The number of hydrogen-bond acceptors (Lipinski definition) is 3. The first-order valence-electron chi connectivity index (χ1n) is 7.19. The molecule has 0 aliphatic heterocycles. The second kappa shape index (κ2) is 6.44. The Morgan fingerprint density at radius 1 is 1.10 bits per heavy atom. The smallest absolute Gasteiger partial charge is 0.195 e. The third-order valence-electron chi connectivity index (χ3n) is 3.43. The van der Waals surface area contributed by atoms with Crippen LogP contribution in [0.1, 0.15) is 28.4 Å². The van der Waals surface area contributed by atoms with Crippen LogP contribution in [0.4, 0.5) is 11.4 Å². The Kier molecular flexibility index (Phi) is 4.63. The number of carbonyl (C=O) groups is 1. The van der Waals surface area contributed by atoms with E-state index < -0.39 is 0 Å². The van der Waals surface area contributed by atoms with E-state index in [2.05, 4.69) is 5.32 Å². The highest BCUT2D eigenvalue weighted by Gasteiger charge is 2.13. The molecule has 3 heteroatoms. The number of hydrogen-bond donors (Lipinski definition) is 1. The molecule has 110 valence electrons. The molecule has 2 rings (SSSR count). The lowest BCUT2D eigenvalue weighted by Crippen LogP contribution is -2.10. The molecule has 0 heterocycles. The topological polar surface area (TPSA) is 32.3 Å². The lowest BCUT2D eigenvalue weighted by Gasteiger charge is -2.14. The van der Waals surface area contributed by atoms with Crippen molar-refractivity contribution in [3.8, 4) is 0 Å². The van der Waals surface area contributed by atoms with Gasteiger partial charge in [0.25, 0.3) is 0 Å². The van der Waals surface area contributed by atoms with Gasteiger partial charge < -0.3 is 10.2 Å². The van der Waals surface area contributed by atoms with Crippen molar-refractivity contribution in [3.05, 3.63) is 59.2 Å². The van der Waals surface area contributed by atoms with E-state index in [1.54, 1.807) is 0 Å². The molecule has 0 radical (unpaired) electrons. The number of nitrogens with zero attached hydrogens (tertiary/aromatic N) is 1. The quantitative estimate of drug-likeness (QED) is 0.848. The van der Waals surface area contributed by atoms with Gasteiger partial charge in [0, 0.05) is 43.1 Å². The van der Waals surface area contributed by atoms with Crippen LogP contribution in [-0.2, 0) is 0 Å². The van der Waals surface area contributed by atoms with Gasteiger partial charge in [-0.1, -0.05) is 6.07 Å². The first kappa shape index (κ1) is 15.1. The van der Waals surface area contributed by atoms with Crippen LogP contribution in [0.2, 0.25) is 0 Å². The Morgan fingerprint density at radius 2 is 1.76 bits per heavy atom. The number of benzene rings is 2. The van der Waals surface area contributed by atoms with Crippen LogP contribution in [0.25, 0.3) is 0 Å². The molecular weight excluding hydrogens is 260 g/mol. The zero-order chi connectivity index (χ0) is 15.4. The molecule has 3 nitrogen and oxygen atoms in total. The standard InChI is InChI=1S/C18H22N2O/c1-5-19-17-12-13(2)6-11-16(17)18(21)14-7-9-15(10-8-14)20(3)4/h6-12,19H,5H2,1-4H3. The maximum absolute atomic E-state index is 12.7. The normalized spacial score (nSPS) is 10.3. The monoisotopic (exact) mass is 282 g/mol. The second-order valence-corrected chi connectivity index (χ2v) is 5.35. The molecule has 0 atom stereocenters. The van der Waals surface area contributed by atoms with Crippen LogP contribution in [0.15, 0.2) is 42.5 Å². The summed E-state index contributed by atoms with van der Waals surface area (Å²) in [7, 11) is 3.97. The second-order valence-electron chi connectivity index (χ2n) is 5.35. The fourth-order valence-corrected chi connectivity index (χ4v) is 2.26. The molecule has 0 fully saturated rings. The molecule has 21 heavy (non-hydrogen) atoms. The highest BCUT2D eigenvalue weighted by Crippen LogP contribution is 2.22. The third-order valence-corrected chi connectivity index (χ3v) is 3.43. The van der Waals surface area contributed by atoms with Gasteiger partial charge in [0.1, 0.15) is 0 Å². The lowest BCUT2D eigenvalue weighted by molar-refractivity contribution is 0.103. The molecule has 0 spiro atoms. The van der Waals surface area contributed by atoms with E-state index in [0.717, 1.165) is 29.0 Å². The summed E-state index contributed by atoms with van der Waals surface area (Å²) in [5.41, 5.74) is 4.57. The molecule has 0 aliphatic rings. The van der Waals surface area contributed by atoms with E-state index in [-0.39, 0.29) is 5.78 Å². The predicted molar refractivity (Wildman–Crippen MR) is 89.5 cm³/mol. The minimum atomic E-state index is 0.0521. The van der Waals surface area contributed by atoms with Crippen LogP contribution in [0.5, 0.6) is 0 Å². The lowest BCUT2D eigenvalue weighted by atomic mass is 10.00. The maximum atomic E-state index is 12.7. The van der Waals surface area contributed by atoms with E-state index in [1.807, 2.05) is 75.3 Å². The zero-order valence-electron chi connectivity index (χ0n) is 13.1. The van der Waals surface area contributed by atoms with Crippen molar-refractivity contribution in [1.29, 1.82) is 0 Å². The Labute approximate surface area is 126 Å². The summed E-state index contributed by atoms with van der Waals surface area (Å²) in [5, 5.41) is 3.27. The fraction of sp³-hybridized carbons (Fsp3) is 0.278. The van der Waals surface area contributed by atoms with Crippen LogP contribution in [0, 0.1) is 6.92 Å². The highest BCUT2D eigenvalue weighted by atomic mass is 16.1. The van der Waals surface area contributed by atoms with Crippen LogP contribution < -0.4 is 10.2 Å². The van der Waals surface area contributed by atoms with Crippen LogP contribution >= 0.6 is 0 Å². The number of carbonyl (C=O) groups excluding carboxylic acids is 1. The van der Waals surface area contributed by atoms with Crippen LogP contribution in [0.3, 0.4) is 0 Å². The number of ketones is 1. The van der Waals surface area contributed by atoms with Crippen molar-refractivity contribution in [3.63, 3.8) is 0 Å². The molecule has 2 aromatic carbocycles. The molecule has 0 saturated carbocycles. The van der Waals surface area contributed by atoms with Gasteiger partial charge in [-0.25, -0.2) is 0 Å². The van der Waals surface area contributed by atoms with Gasteiger partial charge in [-0.2, -0.15) is 0 Å². The molecule has 0 amide bonds. The number of aryl methyl sites for hydroxylation is 1. The summed E-state index contributed by atoms with van der Waals surface area (Å²) in [5.74, 6) is 0.0521. The zero-order valence-corrected chi connectivity index (χ0v) is 13.1. The molecule has 1 N–H and O–H groups in total.